The number of ether oxygens (including phenoxy) is 2. The fourth-order valence-electron chi connectivity index (χ4n) is 3.37. The largest absolute Gasteiger partial charge is 0.494 e. The second kappa shape index (κ2) is 7.59. The highest BCUT2D eigenvalue weighted by Gasteiger charge is 2.41. The number of carboxylic acid groups (broad SMARTS) is 1. The number of rotatable bonds is 5. The van der Waals surface area contributed by atoms with Crippen LogP contribution in [0.3, 0.4) is 0 Å². The zero-order valence-corrected chi connectivity index (χ0v) is 14.5. The molecule has 0 bridgehead atoms. The van der Waals surface area contributed by atoms with E-state index >= 15 is 0 Å². The number of hydrogen-bond donors (Lipinski definition) is 1. The van der Waals surface area contributed by atoms with Crippen LogP contribution in [0.5, 0.6) is 11.5 Å². The van der Waals surface area contributed by atoms with E-state index < -0.39 is 11.6 Å². The Morgan fingerprint density at radius 1 is 1.16 bits per heavy atom. The monoisotopic (exact) mass is 344 g/mol. The molecule has 2 aromatic rings. The average molecular weight is 344 g/mol. The molecule has 1 fully saturated rings. The SMILES string of the molecule is COc1ccccc1-n1cc(OC2(C(=O)O)CCCCCCC2)cn1. The highest BCUT2D eigenvalue weighted by Crippen LogP contribution is 2.32. The minimum absolute atomic E-state index is 0.467. The van der Waals surface area contributed by atoms with Gasteiger partial charge in [0, 0.05) is 0 Å². The molecule has 1 N–H and O–H groups in total. The summed E-state index contributed by atoms with van der Waals surface area (Å²) < 4.78 is 13.0. The van der Waals surface area contributed by atoms with Gasteiger partial charge in [0.1, 0.15) is 11.4 Å². The number of hydrogen-bond acceptors (Lipinski definition) is 4. The van der Waals surface area contributed by atoms with E-state index in [1.54, 1.807) is 24.2 Å². The summed E-state index contributed by atoms with van der Waals surface area (Å²) in [4.78, 5) is 12.0. The molecule has 1 aliphatic carbocycles. The highest BCUT2D eigenvalue weighted by molar-refractivity contribution is 5.78. The van der Waals surface area contributed by atoms with Gasteiger partial charge in [0.2, 0.25) is 5.60 Å². The number of para-hydroxylation sites is 2. The Labute approximate surface area is 147 Å². The van der Waals surface area contributed by atoms with Gasteiger partial charge in [-0.1, -0.05) is 31.4 Å². The summed E-state index contributed by atoms with van der Waals surface area (Å²) in [6.07, 6.45) is 9.35. The molecule has 134 valence electrons. The molecule has 1 aromatic carbocycles. The quantitative estimate of drug-likeness (QED) is 0.892. The van der Waals surface area contributed by atoms with Crippen molar-refractivity contribution in [3.05, 3.63) is 36.7 Å². The third-order valence-electron chi connectivity index (χ3n) is 4.76. The molecule has 1 aliphatic rings. The second-order valence-corrected chi connectivity index (χ2v) is 6.46. The van der Waals surface area contributed by atoms with Gasteiger partial charge in [0.25, 0.3) is 0 Å². The Bertz CT molecular complexity index is 718. The number of methoxy groups -OCH3 is 1. The molecule has 0 atom stereocenters. The molecule has 1 heterocycles. The summed E-state index contributed by atoms with van der Waals surface area (Å²) in [5, 5.41) is 14.1. The lowest BCUT2D eigenvalue weighted by molar-refractivity contribution is -0.157. The van der Waals surface area contributed by atoms with Crippen molar-refractivity contribution in [2.24, 2.45) is 0 Å². The van der Waals surface area contributed by atoms with Crippen molar-refractivity contribution in [2.75, 3.05) is 7.11 Å². The van der Waals surface area contributed by atoms with Crippen LogP contribution in [-0.4, -0.2) is 33.6 Å². The molecule has 1 saturated carbocycles. The van der Waals surface area contributed by atoms with E-state index in [2.05, 4.69) is 5.10 Å². The van der Waals surface area contributed by atoms with Crippen molar-refractivity contribution in [1.29, 1.82) is 0 Å². The minimum Gasteiger partial charge on any atom is -0.494 e. The Hall–Kier alpha value is -2.50. The smallest absolute Gasteiger partial charge is 0.348 e. The maximum Gasteiger partial charge on any atom is 0.348 e. The van der Waals surface area contributed by atoms with Crippen molar-refractivity contribution in [3.63, 3.8) is 0 Å². The van der Waals surface area contributed by atoms with E-state index in [1.165, 1.54) is 6.42 Å². The van der Waals surface area contributed by atoms with Crippen LogP contribution in [-0.2, 0) is 4.79 Å². The number of carboxylic acids is 1. The first-order valence-corrected chi connectivity index (χ1v) is 8.75. The Kier molecular flexibility index (Phi) is 5.26. The fourth-order valence-corrected chi connectivity index (χ4v) is 3.37. The van der Waals surface area contributed by atoms with Crippen LogP contribution in [0.4, 0.5) is 0 Å². The maximum atomic E-state index is 12.0. The Morgan fingerprint density at radius 2 is 1.84 bits per heavy atom. The van der Waals surface area contributed by atoms with E-state index in [-0.39, 0.29) is 0 Å². The molecule has 3 rings (SSSR count). The fraction of sp³-hybridized carbons (Fsp3) is 0.474. The average Bonchev–Trinajstić information content (AvgIpc) is 3.05. The van der Waals surface area contributed by atoms with Gasteiger partial charge in [0.15, 0.2) is 5.75 Å². The summed E-state index contributed by atoms with van der Waals surface area (Å²) >= 11 is 0. The topological polar surface area (TPSA) is 73.6 Å². The van der Waals surface area contributed by atoms with Crippen molar-refractivity contribution < 1.29 is 19.4 Å². The van der Waals surface area contributed by atoms with E-state index in [0.29, 0.717) is 24.3 Å². The van der Waals surface area contributed by atoms with E-state index in [4.69, 9.17) is 9.47 Å². The third-order valence-corrected chi connectivity index (χ3v) is 4.76. The summed E-state index contributed by atoms with van der Waals surface area (Å²) in [5.74, 6) is 0.268. The van der Waals surface area contributed by atoms with E-state index in [9.17, 15) is 9.90 Å². The summed E-state index contributed by atoms with van der Waals surface area (Å²) in [6, 6.07) is 7.52. The van der Waals surface area contributed by atoms with Gasteiger partial charge in [-0.15, -0.1) is 0 Å². The number of nitrogens with zero attached hydrogens (tertiary/aromatic N) is 2. The maximum absolute atomic E-state index is 12.0. The summed E-state index contributed by atoms with van der Waals surface area (Å²) in [7, 11) is 1.60. The van der Waals surface area contributed by atoms with Crippen molar-refractivity contribution in [2.45, 2.75) is 50.5 Å². The number of aromatic nitrogens is 2. The predicted octanol–water partition coefficient (Wildman–Crippen LogP) is 3.83. The molecule has 25 heavy (non-hydrogen) atoms. The van der Waals surface area contributed by atoms with Crippen LogP contribution in [0, 0.1) is 0 Å². The molecule has 0 aliphatic heterocycles. The number of benzene rings is 1. The molecule has 6 nitrogen and oxygen atoms in total. The molecule has 0 radical (unpaired) electrons. The predicted molar refractivity (Wildman–Crippen MR) is 93.4 cm³/mol. The summed E-state index contributed by atoms with van der Waals surface area (Å²) in [6.45, 7) is 0. The lowest BCUT2D eigenvalue weighted by atomic mass is 9.87. The van der Waals surface area contributed by atoms with Gasteiger partial charge in [-0.2, -0.15) is 5.10 Å². The molecular weight excluding hydrogens is 320 g/mol. The Morgan fingerprint density at radius 3 is 2.52 bits per heavy atom. The van der Waals surface area contributed by atoms with Crippen molar-refractivity contribution in [3.8, 4) is 17.2 Å². The number of aliphatic carboxylic acids is 1. The van der Waals surface area contributed by atoms with E-state index in [1.807, 2.05) is 24.3 Å². The molecule has 0 amide bonds. The van der Waals surface area contributed by atoms with Crippen LogP contribution in [0.2, 0.25) is 0 Å². The molecular formula is C19H24N2O4. The molecule has 0 saturated heterocycles. The van der Waals surface area contributed by atoms with Crippen LogP contribution in [0.25, 0.3) is 5.69 Å². The highest BCUT2D eigenvalue weighted by atomic mass is 16.5. The normalized spacial score (nSPS) is 17.3. The van der Waals surface area contributed by atoms with E-state index in [0.717, 1.165) is 31.4 Å². The van der Waals surface area contributed by atoms with Crippen LogP contribution in [0.15, 0.2) is 36.7 Å². The standard InChI is InChI=1S/C19H24N2O4/c1-24-17-10-6-5-9-16(17)21-14-15(13-20-21)25-19(18(22)23)11-7-3-2-4-8-12-19/h5-6,9-10,13-14H,2-4,7-8,11-12H2,1H3,(H,22,23). The zero-order chi connectivity index (χ0) is 17.7. The first-order valence-electron chi connectivity index (χ1n) is 8.75. The molecule has 0 spiro atoms. The second-order valence-electron chi connectivity index (χ2n) is 6.46. The van der Waals surface area contributed by atoms with Crippen molar-refractivity contribution in [1.82, 2.24) is 9.78 Å². The summed E-state index contributed by atoms with van der Waals surface area (Å²) in [5.41, 5.74) is -0.378. The minimum atomic E-state index is -1.16. The lowest BCUT2D eigenvalue weighted by Crippen LogP contribution is -2.45. The Balaban J connectivity index is 1.84. The molecule has 0 unspecified atom stereocenters. The first kappa shape index (κ1) is 17.3. The van der Waals surface area contributed by atoms with Crippen molar-refractivity contribution >= 4 is 5.97 Å². The van der Waals surface area contributed by atoms with Gasteiger partial charge in [0.05, 0.1) is 19.5 Å². The molecule has 6 heteroatoms. The van der Waals surface area contributed by atoms with Crippen LogP contribution < -0.4 is 9.47 Å². The first-order chi connectivity index (χ1) is 12.1. The van der Waals surface area contributed by atoms with Gasteiger partial charge in [-0.25, -0.2) is 9.48 Å². The van der Waals surface area contributed by atoms with Gasteiger partial charge >= 0.3 is 5.97 Å². The van der Waals surface area contributed by atoms with Crippen LogP contribution >= 0.6 is 0 Å². The van der Waals surface area contributed by atoms with Gasteiger partial charge in [-0.3, -0.25) is 0 Å². The van der Waals surface area contributed by atoms with Gasteiger partial charge in [-0.05, 0) is 37.8 Å². The third kappa shape index (κ3) is 3.78. The van der Waals surface area contributed by atoms with Gasteiger partial charge < -0.3 is 14.6 Å². The zero-order valence-electron chi connectivity index (χ0n) is 14.5. The van der Waals surface area contributed by atoms with Crippen LogP contribution in [0.1, 0.15) is 44.9 Å². The molecule has 1 aromatic heterocycles. The number of carbonyl (C=O) groups is 1. The lowest BCUT2D eigenvalue weighted by Gasteiger charge is -2.31.